The summed E-state index contributed by atoms with van der Waals surface area (Å²) in [5.41, 5.74) is 7.79. The van der Waals surface area contributed by atoms with Crippen molar-refractivity contribution in [1.82, 2.24) is 4.90 Å². The van der Waals surface area contributed by atoms with Gasteiger partial charge in [-0.1, -0.05) is 17.7 Å². The van der Waals surface area contributed by atoms with E-state index in [2.05, 4.69) is 15.2 Å². The molecule has 0 aliphatic carbocycles. The standard InChI is InChI=1S/C23H22ClN5O2S/c1-28-13-12-26-21(28)15-4-8-17(9-5-15)27-22(30)20(19-3-2-14-32-19)29(23(25)31)18-10-6-16(24)7-11-18/h2-11,14,20H,12-13H2,1H3,(H2,25,31)(H,27,30). The lowest BCUT2D eigenvalue weighted by Gasteiger charge is -2.29. The van der Waals surface area contributed by atoms with E-state index in [1.807, 2.05) is 42.8 Å². The zero-order chi connectivity index (χ0) is 22.7. The fourth-order valence-electron chi connectivity index (χ4n) is 3.58. The van der Waals surface area contributed by atoms with Crippen molar-refractivity contribution in [3.8, 4) is 0 Å². The minimum absolute atomic E-state index is 0.371. The second kappa shape index (κ2) is 9.42. The van der Waals surface area contributed by atoms with Gasteiger partial charge in [0.15, 0.2) is 6.04 Å². The predicted molar refractivity (Wildman–Crippen MR) is 130 cm³/mol. The molecular formula is C23H22ClN5O2S. The molecule has 4 rings (SSSR count). The molecule has 1 aliphatic heterocycles. The molecule has 1 unspecified atom stereocenters. The molecule has 1 atom stereocenters. The summed E-state index contributed by atoms with van der Waals surface area (Å²) in [6.07, 6.45) is 0. The first-order valence-electron chi connectivity index (χ1n) is 9.98. The molecule has 0 saturated heterocycles. The Morgan fingerprint density at radius 3 is 2.44 bits per heavy atom. The summed E-state index contributed by atoms with van der Waals surface area (Å²) in [7, 11) is 2.00. The van der Waals surface area contributed by atoms with Crippen molar-refractivity contribution >= 4 is 52.1 Å². The molecule has 1 aliphatic rings. The van der Waals surface area contributed by atoms with Crippen LogP contribution in [0.1, 0.15) is 16.5 Å². The van der Waals surface area contributed by atoms with E-state index in [1.54, 1.807) is 30.3 Å². The number of urea groups is 1. The van der Waals surface area contributed by atoms with Crippen molar-refractivity contribution < 1.29 is 9.59 Å². The summed E-state index contributed by atoms with van der Waals surface area (Å²) < 4.78 is 0. The second-order valence-electron chi connectivity index (χ2n) is 7.30. The SMILES string of the molecule is CN1CCN=C1c1ccc(NC(=O)C(c2cccs2)N(C(N)=O)c2ccc(Cl)cc2)cc1. The number of thiophene rings is 1. The number of hydrogen-bond donors (Lipinski definition) is 2. The molecule has 164 valence electrons. The first kappa shape index (κ1) is 21.9. The normalized spacial score (nSPS) is 14.1. The Morgan fingerprint density at radius 2 is 1.88 bits per heavy atom. The van der Waals surface area contributed by atoms with Gasteiger partial charge in [-0.3, -0.25) is 14.7 Å². The largest absolute Gasteiger partial charge is 0.358 e. The number of nitrogens with zero attached hydrogens (tertiary/aromatic N) is 3. The highest BCUT2D eigenvalue weighted by Gasteiger charge is 2.32. The first-order valence-corrected chi connectivity index (χ1v) is 11.2. The van der Waals surface area contributed by atoms with Gasteiger partial charge in [-0.15, -0.1) is 11.3 Å². The molecule has 3 N–H and O–H groups in total. The van der Waals surface area contributed by atoms with Crippen LogP contribution in [0.5, 0.6) is 0 Å². The van der Waals surface area contributed by atoms with E-state index in [4.69, 9.17) is 17.3 Å². The number of benzene rings is 2. The van der Waals surface area contributed by atoms with Crippen LogP contribution in [0.3, 0.4) is 0 Å². The van der Waals surface area contributed by atoms with Crippen LogP contribution in [-0.4, -0.2) is 42.8 Å². The summed E-state index contributed by atoms with van der Waals surface area (Å²) in [6, 6.07) is 16.1. The van der Waals surface area contributed by atoms with Gasteiger partial charge >= 0.3 is 6.03 Å². The van der Waals surface area contributed by atoms with Crippen LogP contribution in [0.4, 0.5) is 16.2 Å². The van der Waals surface area contributed by atoms with Crippen LogP contribution < -0.4 is 16.0 Å². The monoisotopic (exact) mass is 467 g/mol. The van der Waals surface area contributed by atoms with Crippen molar-refractivity contribution in [2.45, 2.75) is 6.04 Å². The van der Waals surface area contributed by atoms with Gasteiger partial charge in [-0.05, 0) is 60.0 Å². The van der Waals surface area contributed by atoms with Crippen molar-refractivity contribution in [2.24, 2.45) is 10.7 Å². The highest BCUT2D eigenvalue weighted by Crippen LogP contribution is 2.32. The number of carbonyl (C=O) groups is 2. The minimum Gasteiger partial charge on any atom is -0.358 e. The van der Waals surface area contributed by atoms with Crippen LogP contribution in [0.15, 0.2) is 71.0 Å². The lowest BCUT2D eigenvalue weighted by molar-refractivity contribution is -0.117. The lowest BCUT2D eigenvalue weighted by Crippen LogP contribution is -2.44. The lowest BCUT2D eigenvalue weighted by atomic mass is 10.1. The number of likely N-dealkylation sites (N-methyl/N-ethyl adjacent to an activating group) is 1. The number of amidine groups is 1. The van der Waals surface area contributed by atoms with Crippen LogP contribution in [0, 0.1) is 0 Å². The average Bonchev–Trinajstić information content (AvgIpc) is 3.45. The number of amides is 3. The molecule has 32 heavy (non-hydrogen) atoms. The molecule has 3 aromatic rings. The highest BCUT2D eigenvalue weighted by atomic mass is 35.5. The second-order valence-corrected chi connectivity index (χ2v) is 8.71. The van der Waals surface area contributed by atoms with Gasteiger partial charge in [-0.2, -0.15) is 0 Å². The Morgan fingerprint density at radius 1 is 1.16 bits per heavy atom. The Hall–Kier alpha value is -3.36. The molecule has 3 amide bonds. The molecule has 2 aromatic carbocycles. The van der Waals surface area contributed by atoms with E-state index in [-0.39, 0.29) is 5.91 Å². The maximum Gasteiger partial charge on any atom is 0.320 e. The molecule has 0 fully saturated rings. The van der Waals surface area contributed by atoms with E-state index in [1.165, 1.54) is 16.2 Å². The Kier molecular flexibility index (Phi) is 6.43. The zero-order valence-electron chi connectivity index (χ0n) is 17.4. The van der Waals surface area contributed by atoms with Crippen molar-refractivity contribution in [3.63, 3.8) is 0 Å². The smallest absolute Gasteiger partial charge is 0.320 e. The average molecular weight is 468 g/mol. The highest BCUT2D eigenvalue weighted by molar-refractivity contribution is 7.10. The van der Waals surface area contributed by atoms with E-state index >= 15 is 0 Å². The maximum absolute atomic E-state index is 13.4. The fraction of sp³-hybridized carbons (Fsp3) is 0.174. The van der Waals surface area contributed by atoms with E-state index in [0.717, 1.165) is 24.5 Å². The van der Waals surface area contributed by atoms with Crippen molar-refractivity contribution in [2.75, 3.05) is 30.4 Å². The molecule has 2 heterocycles. The van der Waals surface area contributed by atoms with Gasteiger partial charge in [0, 0.05) is 40.4 Å². The van der Waals surface area contributed by atoms with Crippen molar-refractivity contribution in [1.29, 1.82) is 0 Å². The van der Waals surface area contributed by atoms with Gasteiger partial charge < -0.3 is 16.0 Å². The minimum atomic E-state index is -0.932. The van der Waals surface area contributed by atoms with Crippen LogP contribution in [0.2, 0.25) is 5.02 Å². The molecule has 9 heteroatoms. The van der Waals surface area contributed by atoms with E-state index in [0.29, 0.717) is 21.3 Å². The molecule has 1 aromatic heterocycles. The van der Waals surface area contributed by atoms with E-state index < -0.39 is 12.1 Å². The number of rotatable bonds is 6. The zero-order valence-corrected chi connectivity index (χ0v) is 18.9. The quantitative estimate of drug-likeness (QED) is 0.564. The Balaban J connectivity index is 1.61. The summed E-state index contributed by atoms with van der Waals surface area (Å²) in [4.78, 5) is 34.4. The summed E-state index contributed by atoms with van der Waals surface area (Å²) in [5, 5.41) is 5.29. The number of primary amides is 1. The number of nitrogens with two attached hydrogens (primary N) is 1. The topological polar surface area (TPSA) is 91.0 Å². The van der Waals surface area contributed by atoms with Crippen LogP contribution >= 0.6 is 22.9 Å². The fourth-order valence-corrected chi connectivity index (χ4v) is 4.52. The molecule has 0 saturated carbocycles. The van der Waals surface area contributed by atoms with Gasteiger partial charge in [0.2, 0.25) is 0 Å². The number of aliphatic imine (C=N–C) groups is 1. The molecule has 7 nitrogen and oxygen atoms in total. The number of anilines is 2. The number of halogens is 1. The molecular weight excluding hydrogens is 446 g/mol. The summed E-state index contributed by atoms with van der Waals surface area (Å²) in [6.45, 7) is 1.67. The van der Waals surface area contributed by atoms with Crippen LogP contribution in [-0.2, 0) is 4.79 Å². The maximum atomic E-state index is 13.4. The van der Waals surface area contributed by atoms with Gasteiger partial charge in [0.05, 0.1) is 6.54 Å². The number of nitrogens with one attached hydrogen (secondary N) is 1. The molecule has 0 bridgehead atoms. The van der Waals surface area contributed by atoms with Gasteiger partial charge in [-0.25, -0.2) is 4.79 Å². The van der Waals surface area contributed by atoms with Gasteiger partial charge in [0.25, 0.3) is 5.91 Å². The van der Waals surface area contributed by atoms with Crippen LogP contribution in [0.25, 0.3) is 0 Å². The Bertz CT molecular complexity index is 1130. The first-order chi connectivity index (χ1) is 15.4. The number of carbonyl (C=O) groups excluding carboxylic acids is 2. The third-order valence-corrected chi connectivity index (χ3v) is 6.31. The Labute approximate surface area is 195 Å². The summed E-state index contributed by atoms with van der Waals surface area (Å²) >= 11 is 7.37. The molecule has 0 spiro atoms. The third-order valence-electron chi connectivity index (χ3n) is 5.13. The number of hydrogen-bond acceptors (Lipinski definition) is 5. The summed E-state index contributed by atoms with van der Waals surface area (Å²) in [5.74, 6) is 0.561. The predicted octanol–water partition coefficient (Wildman–Crippen LogP) is 4.36. The molecule has 0 radical (unpaired) electrons. The van der Waals surface area contributed by atoms with E-state index in [9.17, 15) is 9.59 Å². The third kappa shape index (κ3) is 4.61. The van der Waals surface area contributed by atoms with Gasteiger partial charge in [0.1, 0.15) is 5.84 Å². The van der Waals surface area contributed by atoms with Crippen molar-refractivity contribution in [3.05, 3.63) is 81.5 Å².